The molecule has 21 heavy (non-hydrogen) atoms. The number of nitro groups is 1. The Morgan fingerprint density at radius 1 is 1.38 bits per heavy atom. The summed E-state index contributed by atoms with van der Waals surface area (Å²) in [6.07, 6.45) is 4.72. The Balaban J connectivity index is 2.20. The van der Waals surface area contributed by atoms with Crippen LogP contribution in [0.25, 0.3) is 0 Å². The molecule has 0 radical (unpaired) electrons. The van der Waals surface area contributed by atoms with Crippen molar-refractivity contribution in [2.45, 2.75) is 39.5 Å². The third-order valence-electron chi connectivity index (χ3n) is 4.22. The Hall–Kier alpha value is -1.91. The Labute approximate surface area is 125 Å². The number of carbonyl (C=O) groups is 1. The van der Waals surface area contributed by atoms with Crippen LogP contribution in [0.1, 0.15) is 49.9 Å². The maximum atomic E-state index is 11.8. The Morgan fingerprint density at radius 2 is 2.05 bits per heavy atom. The third-order valence-corrected chi connectivity index (χ3v) is 4.22. The number of Topliss-reactive ketones (excluding diaryl/α,β-unsaturated/α-hetero) is 1. The standard InChI is InChI=1S/C16H22N2O3/c1-3-4-13-7-9-17(10-8-13)16-6-5-14(18(20)21)11-15(16)12(2)19/h5-6,11,13H,3-4,7-10H2,1-2H3. The van der Waals surface area contributed by atoms with E-state index in [1.807, 2.05) is 0 Å². The zero-order chi connectivity index (χ0) is 15.4. The van der Waals surface area contributed by atoms with Crippen molar-refractivity contribution in [3.8, 4) is 0 Å². The first-order valence-corrected chi connectivity index (χ1v) is 7.57. The zero-order valence-electron chi connectivity index (χ0n) is 12.7. The molecule has 0 amide bonds. The van der Waals surface area contributed by atoms with E-state index in [1.165, 1.54) is 31.9 Å². The van der Waals surface area contributed by atoms with Crippen molar-refractivity contribution in [2.24, 2.45) is 5.92 Å². The van der Waals surface area contributed by atoms with Gasteiger partial charge in [0.2, 0.25) is 0 Å². The SMILES string of the molecule is CCCC1CCN(c2ccc([N+](=O)[O-])cc2C(C)=O)CC1. The van der Waals surface area contributed by atoms with Crippen molar-refractivity contribution >= 4 is 17.2 Å². The van der Waals surface area contributed by atoms with E-state index in [-0.39, 0.29) is 11.5 Å². The molecular weight excluding hydrogens is 268 g/mol. The van der Waals surface area contributed by atoms with Gasteiger partial charge in [-0.05, 0) is 31.7 Å². The minimum Gasteiger partial charge on any atom is -0.371 e. The van der Waals surface area contributed by atoms with Gasteiger partial charge in [0.25, 0.3) is 5.69 Å². The Bertz CT molecular complexity index is 534. The van der Waals surface area contributed by atoms with Crippen LogP contribution in [-0.2, 0) is 0 Å². The minimum atomic E-state index is -0.455. The van der Waals surface area contributed by atoms with E-state index < -0.39 is 4.92 Å². The number of benzene rings is 1. The van der Waals surface area contributed by atoms with Gasteiger partial charge in [0, 0.05) is 36.5 Å². The molecule has 0 N–H and O–H groups in total. The lowest BCUT2D eigenvalue weighted by Gasteiger charge is -2.34. The number of hydrogen-bond acceptors (Lipinski definition) is 4. The molecule has 1 fully saturated rings. The number of anilines is 1. The number of ketones is 1. The summed E-state index contributed by atoms with van der Waals surface area (Å²) in [5.74, 6) is 0.648. The van der Waals surface area contributed by atoms with E-state index in [2.05, 4.69) is 11.8 Å². The minimum absolute atomic E-state index is 0.0233. The highest BCUT2D eigenvalue weighted by atomic mass is 16.6. The second-order valence-corrected chi connectivity index (χ2v) is 5.73. The summed E-state index contributed by atoms with van der Waals surface area (Å²) in [4.78, 5) is 24.4. The summed E-state index contributed by atoms with van der Waals surface area (Å²) >= 11 is 0. The molecule has 0 saturated carbocycles. The Kier molecular flexibility index (Phi) is 4.94. The van der Waals surface area contributed by atoms with Crippen LogP contribution in [0, 0.1) is 16.0 Å². The summed E-state index contributed by atoms with van der Waals surface area (Å²) in [6.45, 7) is 5.51. The smallest absolute Gasteiger partial charge is 0.270 e. The van der Waals surface area contributed by atoms with Gasteiger partial charge in [-0.2, -0.15) is 0 Å². The molecule has 5 heteroatoms. The van der Waals surface area contributed by atoms with Gasteiger partial charge < -0.3 is 4.90 Å². The first kappa shape index (κ1) is 15.5. The molecule has 1 heterocycles. The normalized spacial score (nSPS) is 16.0. The summed E-state index contributed by atoms with van der Waals surface area (Å²) < 4.78 is 0. The summed E-state index contributed by atoms with van der Waals surface area (Å²) in [6, 6.07) is 4.60. The highest BCUT2D eigenvalue weighted by Crippen LogP contribution is 2.30. The van der Waals surface area contributed by atoms with Gasteiger partial charge in [-0.1, -0.05) is 19.8 Å². The average molecular weight is 290 g/mol. The molecule has 0 atom stereocenters. The molecule has 1 aromatic carbocycles. The number of rotatable bonds is 5. The van der Waals surface area contributed by atoms with E-state index in [0.29, 0.717) is 5.56 Å². The molecular formula is C16H22N2O3. The topological polar surface area (TPSA) is 63.4 Å². The van der Waals surface area contributed by atoms with Crippen LogP contribution in [0.15, 0.2) is 18.2 Å². The number of carbonyl (C=O) groups excluding carboxylic acids is 1. The van der Waals surface area contributed by atoms with Crippen LogP contribution in [0.5, 0.6) is 0 Å². The lowest BCUT2D eigenvalue weighted by molar-refractivity contribution is -0.384. The van der Waals surface area contributed by atoms with E-state index in [1.54, 1.807) is 6.07 Å². The fourth-order valence-corrected chi connectivity index (χ4v) is 3.07. The fourth-order valence-electron chi connectivity index (χ4n) is 3.07. The van der Waals surface area contributed by atoms with Crippen molar-refractivity contribution in [1.82, 2.24) is 0 Å². The molecule has 0 bridgehead atoms. The number of nitro benzene ring substituents is 1. The third kappa shape index (κ3) is 3.60. The molecule has 0 unspecified atom stereocenters. The van der Waals surface area contributed by atoms with Gasteiger partial charge in [0.05, 0.1) is 4.92 Å². The summed E-state index contributed by atoms with van der Waals surface area (Å²) in [7, 11) is 0. The fraction of sp³-hybridized carbons (Fsp3) is 0.562. The van der Waals surface area contributed by atoms with Crippen molar-refractivity contribution in [2.75, 3.05) is 18.0 Å². The largest absolute Gasteiger partial charge is 0.371 e. The van der Waals surface area contributed by atoms with Gasteiger partial charge in [-0.25, -0.2) is 0 Å². The highest BCUT2D eigenvalue weighted by molar-refractivity contribution is 6.00. The molecule has 5 nitrogen and oxygen atoms in total. The summed E-state index contributed by atoms with van der Waals surface area (Å²) in [5, 5.41) is 10.9. The van der Waals surface area contributed by atoms with E-state index in [4.69, 9.17) is 0 Å². The maximum absolute atomic E-state index is 11.8. The van der Waals surface area contributed by atoms with Crippen LogP contribution >= 0.6 is 0 Å². The van der Waals surface area contributed by atoms with Crippen molar-refractivity contribution in [3.63, 3.8) is 0 Å². The number of nitrogens with zero attached hydrogens (tertiary/aromatic N) is 2. The Morgan fingerprint density at radius 3 is 2.57 bits per heavy atom. The van der Waals surface area contributed by atoms with Gasteiger partial charge >= 0.3 is 0 Å². The molecule has 1 aromatic rings. The maximum Gasteiger partial charge on any atom is 0.270 e. The monoisotopic (exact) mass is 290 g/mol. The van der Waals surface area contributed by atoms with Crippen molar-refractivity contribution < 1.29 is 9.72 Å². The van der Waals surface area contributed by atoms with E-state index in [9.17, 15) is 14.9 Å². The number of hydrogen-bond donors (Lipinski definition) is 0. The predicted molar refractivity (Wildman–Crippen MR) is 82.9 cm³/mol. The highest BCUT2D eigenvalue weighted by Gasteiger charge is 2.23. The van der Waals surface area contributed by atoms with Crippen LogP contribution < -0.4 is 4.90 Å². The molecule has 1 aliphatic rings. The number of non-ortho nitro benzene ring substituents is 1. The zero-order valence-corrected chi connectivity index (χ0v) is 12.7. The molecule has 2 rings (SSSR count). The van der Waals surface area contributed by atoms with E-state index in [0.717, 1.165) is 37.5 Å². The molecule has 1 saturated heterocycles. The van der Waals surface area contributed by atoms with Gasteiger partial charge in [0.15, 0.2) is 5.78 Å². The van der Waals surface area contributed by atoms with Crippen LogP contribution in [0.3, 0.4) is 0 Å². The lowest BCUT2D eigenvalue weighted by Crippen LogP contribution is -2.34. The predicted octanol–water partition coefficient (Wildman–Crippen LogP) is 3.81. The second kappa shape index (κ2) is 6.70. The van der Waals surface area contributed by atoms with Crippen molar-refractivity contribution in [1.29, 1.82) is 0 Å². The van der Waals surface area contributed by atoms with Crippen LogP contribution in [-0.4, -0.2) is 23.8 Å². The molecule has 1 aliphatic heterocycles. The van der Waals surface area contributed by atoms with Crippen molar-refractivity contribution in [3.05, 3.63) is 33.9 Å². The molecule has 114 valence electrons. The number of piperidine rings is 1. The van der Waals surface area contributed by atoms with Gasteiger partial charge in [-0.15, -0.1) is 0 Å². The molecule has 0 spiro atoms. The van der Waals surface area contributed by atoms with Gasteiger partial charge in [0.1, 0.15) is 0 Å². The van der Waals surface area contributed by atoms with Crippen LogP contribution in [0.2, 0.25) is 0 Å². The van der Waals surface area contributed by atoms with Gasteiger partial charge in [-0.3, -0.25) is 14.9 Å². The lowest BCUT2D eigenvalue weighted by atomic mass is 9.92. The van der Waals surface area contributed by atoms with E-state index >= 15 is 0 Å². The molecule has 0 aliphatic carbocycles. The molecule has 0 aromatic heterocycles. The first-order valence-electron chi connectivity index (χ1n) is 7.57. The summed E-state index contributed by atoms with van der Waals surface area (Å²) in [5.41, 5.74) is 1.27. The first-order chi connectivity index (χ1) is 10.0. The second-order valence-electron chi connectivity index (χ2n) is 5.73. The van der Waals surface area contributed by atoms with Crippen LogP contribution in [0.4, 0.5) is 11.4 Å². The average Bonchev–Trinajstić information content (AvgIpc) is 2.47. The quantitative estimate of drug-likeness (QED) is 0.470.